The number of thioether (sulfide) groups is 1. The maximum absolute atomic E-state index is 3.66. The molecule has 0 spiro atoms. The fraction of sp³-hybridized carbons (Fsp3) is 0.571. The summed E-state index contributed by atoms with van der Waals surface area (Å²) in [5, 5.41) is 3.66. The second kappa shape index (κ2) is 6.81. The Labute approximate surface area is 118 Å². The molecule has 0 aliphatic carbocycles. The number of hydrogen-bond acceptors (Lipinski definition) is 2. The molecule has 1 aromatic carbocycles. The molecule has 0 radical (unpaired) electrons. The van der Waals surface area contributed by atoms with Gasteiger partial charge in [0.25, 0.3) is 0 Å². The second-order valence-corrected chi connectivity index (χ2v) is 7.29. The third-order valence-electron chi connectivity index (χ3n) is 2.99. The highest BCUT2D eigenvalue weighted by Gasteiger charge is 2.18. The molecule has 0 aromatic heterocycles. The Kier molecular flexibility index (Phi) is 6.04. The van der Waals surface area contributed by atoms with Crippen molar-refractivity contribution in [2.45, 2.75) is 38.0 Å². The Morgan fingerprint density at radius 3 is 2.65 bits per heavy atom. The summed E-state index contributed by atoms with van der Waals surface area (Å²) in [5.74, 6) is 0. The lowest BCUT2D eigenvalue weighted by Crippen LogP contribution is -2.34. The van der Waals surface area contributed by atoms with Crippen molar-refractivity contribution in [3.05, 3.63) is 34.3 Å². The van der Waals surface area contributed by atoms with Crippen LogP contribution in [0.1, 0.15) is 38.8 Å². The topological polar surface area (TPSA) is 12.0 Å². The van der Waals surface area contributed by atoms with Gasteiger partial charge in [-0.05, 0) is 44.2 Å². The summed E-state index contributed by atoms with van der Waals surface area (Å²) in [7, 11) is 0. The van der Waals surface area contributed by atoms with Crippen LogP contribution in [0.15, 0.2) is 28.7 Å². The first-order valence-electron chi connectivity index (χ1n) is 6.02. The summed E-state index contributed by atoms with van der Waals surface area (Å²) < 4.78 is 1.44. The van der Waals surface area contributed by atoms with E-state index in [1.807, 2.05) is 11.8 Å². The lowest BCUT2D eigenvalue weighted by molar-refractivity contribution is 0.484. The molecule has 1 unspecified atom stereocenters. The molecule has 0 aliphatic rings. The van der Waals surface area contributed by atoms with Crippen LogP contribution in [0.5, 0.6) is 0 Å². The Morgan fingerprint density at radius 2 is 2.12 bits per heavy atom. The highest BCUT2D eigenvalue weighted by Crippen LogP contribution is 2.24. The third kappa shape index (κ3) is 5.02. The zero-order valence-corrected chi connectivity index (χ0v) is 13.5. The van der Waals surface area contributed by atoms with Gasteiger partial charge in [0.05, 0.1) is 0 Å². The van der Waals surface area contributed by atoms with Crippen molar-refractivity contribution in [1.82, 2.24) is 5.32 Å². The van der Waals surface area contributed by atoms with Crippen LogP contribution in [-0.4, -0.2) is 17.5 Å². The number of hydrogen-bond donors (Lipinski definition) is 1. The van der Waals surface area contributed by atoms with E-state index in [0.717, 1.165) is 17.4 Å². The molecule has 0 aliphatic heterocycles. The Morgan fingerprint density at radius 1 is 1.41 bits per heavy atom. The van der Waals surface area contributed by atoms with Crippen molar-refractivity contribution in [3.8, 4) is 0 Å². The predicted molar refractivity (Wildman–Crippen MR) is 82.8 cm³/mol. The van der Waals surface area contributed by atoms with Gasteiger partial charge in [0.15, 0.2) is 0 Å². The molecule has 1 nitrogen and oxygen atoms in total. The zero-order chi connectivity index (χ0) is 12.9. The van der Waals surface area contributed by atoms with Crippen molar-refractivity contribution >= 4 is 27.7 Å². The molecular formula is C14H22BrNS. The minimum atomic E-state index is 0.291. The number of rotatable bonds is 6. The van der Waals surface area contributed by atoms with Gasteiger partial charge in [-0.1, -0.05) is 35.0 Å². The van der Waals surface area contributed by atoms with Crippen molar-refractivity contribution in [1.29, 1.82) is 0 Å². The van der Waals surface area contributed by atoms with Gasteiger partial charge in [-0.3, -0.25) is 0 Å². The smallest absolute Gasteiger partial charge is 0.0318 e. The molecule has 0 fully saturated rings. The second-order valence-electron chi connectivity index (χ2n) is 4.86. The average Bonchev–Trinajstić information content (AvgIpc) is 2.30. The van der Waals surface area contributed by atoms with Gasteiger partial charge in [0.1, 0.15) is 0 Å². The lowest BCUT2D eigenvalue weighted by Gasteiger charge is -2.26. The fourth-order valence-corrected chi connectivity index (χ4v) is 2.31. The monoisotopic (exact) mass is 315 g/mol. The van der Waals surface area contributed by atoms with Crippen molar-refractivity contribution in [2.24, 2.45) is 0 Å². The molecule has 17 heavy (non-hydrogen) atoms. The highest BCUT2D eigenvalue weighted by atomic mass is 79.9. The lowest BCUT2D eigenvalue weighted by atomic mass is 10.0. The van der Waals surface area contributed by atoms with Crippen LogP contribution in [0, 0.1) is 0 Å². The molecule has 3 heteroatoms. The largest absolute Gasteiger partial charge is 0.309 e. The fourth-order valence-electron chi connectivity index (χ4n) is 1.66. The zero-order valence-electron chi connectivity index (χ0n) is 11.1. The first kappa shape index (κ1) is 15.1. The number of halogens is 1. The van der Waals surface area contributed by atoms with Crippen LogP contribution >= 0.6 is 27.7 Å². The molecule has 0 bridgehead atoms. The van der Waals surface area contributed by atoms with Crippen molar-refractivity contribution < 1.29 is 0 Å². The Hall–Kier alpha value is 0.01000. The van der Waals surface area contributed by atoms with Gasteiger partial charge in [-0.15, -0.1) is 0 Å². The van der Waals surface area contributed by atoms with E-state index in [1.165, 1.54) is 5.56 Å². The quantitative estimate of drug-likeness (QED) is 0.821. The average molecular weight is 316 g/mol. The molecule has 0 saturated heterocycles. The van der Waals surface area contributed by atoms with Gasteiger partial charge < -0.3 is 5.32 Å². The van der Waals surface area contributed by atoms with Crippen molar-refractivity contribution in [2.75, 3.05) is 12.8 Å². The van der Waals surface area contributed by atoms with E-state index in [1.54, 1.807) is 0 Å². The molecule has 1 atom stereocenters. The van der Waals surface area contributed by atoms with Gasteiger partial charge in [0.2, 0.25) is 0 Å². The van der Waals surface area contributed by atoms with Gasteiger partial charge in [-0.2, -0.15) is 11.8 Å². The maximum Gasteiger partial charge on any atom is 0.0318 e. The van der Waals surface area contributed by atoms with Gasteiger partial charge >= 0.3 is 0 Å². The first-order chi connectivity index (χ1) is 7.98. The minimum absolute atomic E-state index is 0.291. The summed E-state index contributed by atoms with van der Waals surface area (Å²) in [4.78, 5) is 0. The van der Waals surface area contributed by atoms with E-state index >= 15 is 0 Å². The molecule has 0 saturated carbocycles. The van der Waals surface area contributed by atoms with E-state index in [4.69, 9.17) is 0 Å². The van der Waals surface area contributed by atoms with Crippen LogP contribution in [-0.2, 0) is 0 Å². The van der Waals surface area contributed by atoms with E-state index in [9.17, 15) is 0 Å². The van der Waals surface area contributed by atoms with Crippen LogP contribution < -0.4 is 5.32 Å². The summed E-state index contributed by atoms with van der Waals surface area (Å²) in [6.45, 7) is 7.81. The third-order valence-corrected chi connectivity index (χ3v) is 4.73. The standard InChI is InChI=1S/C14H22BrNS/c1-5-13(16-10-14(2,3)17-4)11-7-6-8-12(15)9-11/h6-9,13,16H,5,10H2,1-4H3. The van der Waals surface area contributed by atoms with Gasteiger partial charge in [-0.25, -0.2) is 0 Å². The summed E-state index contributed by atoms with van der Waals surface area (Å²) in [6, 6.07) is 9.01. The number of nitrogens with one attached hydrogen (secondary N) is 1. The number of benzene rings is 1. The molecule has 1 rings (SSSR count). The van der Waals surface area contributed by atoms with E-state index in [0.29, 0.717) is 10.8 Å². The summed E-state index contributed by atoms with van der Waals surface area (Å²) in [5.41, 5.74) is 1.36. The predicted octanol–water partition coefficient (Wildman–Crippen LogP) is 4.63. The molecular weight excluding hydrogens is 294 g/mol. The molecule has 96 valence electrons. The molecule has 1 N–H and O–H groups in total. The normalized spacial score (nSPS) is 13.7. The van der Waals surface area contributed by atoms with E-state index in [2.05, 4.69) is 72.5 Å². The molecule has 0 amide bonds. The maximum atomic E-state index is 3.66. The van der Waals surface area contributed by atoms with Crippen LogP contribution in [0.3, 0.4) is 0 Å². The Bertz CT molecular complexity index is 352. The molecule has 1 aromatic rings. The molecule has 0 heterocycles. The van der Waals surface area contributed by atoms with Crippen LogP contribution in [0.4, 0.5) is 0 Å². The minimum Gasteiger partial charge on any atom is -0.309 e. The van der Waals surface area contributed by atoms with Crippen LogP contribution in [0.25, 0.3) is 0 Å². The summed E-state index contributed by atoms with van der Waals surface area (Å²) >= 11 is 5.44. The van der Waals surface area contributed by atoms with Crippen LogP contribution in [0.2, 0.25) is 0 Å². The first-order valence-corrected chi connectivity index (χ1v) is 8.04. The van der Waals surface area contributed by atoms with E-state index in [-0.39, 0.29) is 0 Å². The highest BCUT2D eigenvalue weighted by molar-refractivity contribution is 9.10. The summed E-state index contributed by atoms with van der Waals surface area (Å²) in [6.07, 6.45) is 3.28. The Balaban J connectivity index is 2.66. The van der Waals surface area contributed by atoms with E-state index < -0.39 is 0 Å². The SMILES string of the molecule is CCC(NCC(C)(C)SC)c1cccc(Br)c1. The van der Waals surface area contributed by atoms with Gasteiger partial charge in [0, 0.05) is 21.8 Å². The van der Waals surface area contributed by atoms with Crippen molar-refractivity contribution in [3.63, 3.8) is 0 Å².